The topological polar surface area (TPSA) is 168 Å². The molecule has 2 aliphatic heterocycles. The standard InChI is InChI=1S/C27H34F3N5O7S/c1-13(2)21(31)24(37)35-11-15(42-26(39)34-10-14-4-3-5-19(28)17(14)12-34)8-20(35)23(36)32-27(9-18(27)22(29)30)25(38)33-43(40,41)16-6-7-16/h3-5,13,15-16,18,20-22H,6-12,31H2,1-2H3,(H,32,36)(H,33,38)/t15-,18+,20?,21+,27+/m1/s1. The number of rotatable bonds is 9. The van der Waals surface area contributed by atoms with E-state index >= 15 is 0 Å². The van der Waals surface area contributed by atoms with Gasteiger partial charge >= 0.3 is 6.09 Å². The number of carbonyl (C=O) groups excluding carboxylic acids is 4. The first kappa shape index (κ1) is 31.0. The molecule has 1 aromatic rings. The first-order valence-electron chi connectivity index (χ1n) is 14.1. The molecule has 1 saturated heterocycles. The van der Waals surface area contributed by atoms with Crippen molar-refractivity contribution in [2.75, 3.05) is 6.54 Å². The fraction of sp³-hybridized carbons (Fsp3) is 0.630. The van der Waals surface area contributed by atoms with Gasteiger partial charge in [0.2, 0.25) is 28.3 Å². The summed E-state index contributed by atoms with van der Waals surface area (Å²) in [6.07, 6.45) is -4.93. The van der Waals surface area contributed by atoms with Crippen molar-refractivity contribution in [3.8, 4) is 0 Å². The first-order valence-corrected chi connectivity index (χ1v) is 15.6. The number of alkyl halides is 2. The molecule has 3 fully saturated rings. The summed E-state index contributed by atoms with van der Waals surface area (Å²) in [5.41, 5.74) is 4.84. The molecule has 4 N–H and O–H groups in total. The van der Waals surface area contributed by atoms with Gasteiger partial charge in [0.05, 0.1) is 30.3 Å². The van der Waals surface area contributed by atoms with Crippen LogP contribution >= 0.6 is 0 Å². The maximum absolute atomic E-state index is 14.2. The summed E-state index contributed by atoms with van der Waals surface area (Å²) in [5.74, 6) is -5.35. The van der Waals surface area contributed by atoms with Crippen molar-refractivity contribution in [1.29, 1.82) is 0 Å². The van der Waals surface area contributed by atoms with Crippen LogP contribution in [-0.4, -0.2) is 84.0 Å². The fourth-order valence-corrected chi connectivity index (χ4v) is 6.98. The van der Waals surface area contributed by atoms with Crippen LogP contribution in [0.25, 0.3) is 0 Å². The lowest BCUT2D eigenvalue weighted by Crippen LogP contribution is -2.58. The molecule has 1 unspecified atom stereocenters. The summed E-state index contributed by atoms with van der Waals surface area (Å²) in [4.78, 5) is 55.2. The lowest BCUT2D eigenvalue weighted by molar-refractivity contribution is -0.141. The van der Waals surface area contributed by atoms with Crippen molar-refractivity contribution in [2.45, 2.75) is 88.0 Å². The van der Waals surface area contributed by atoms with Crippen LogP contribution in [0.15, 0.2) is 18.2 Å². The second-order valence-corrected chi connectivity index (χ2v) is 14.0. The van der Waals surface area contributed by atoms with E-state index in [4.69, 9.17) is 10.5 Å². The zero-order valence-electron chi connectivity index (χ0n) is 23.6. The van der Waals surface area contributed by atoms with E-state index in [-0.39, 0.29) is 32.0 Å². The van der Waals surface area contributed by atoms with Crippen LogP contribution in [-0.2, 0) is 42.2 Å². The van der Waals surface area contributed by atoms with Gasteiger partial charge in [0.25, 0.3) is 5.91 Å². The van der Waals surface area contributed by atoms with Gasteiger partial charge in [0.15, 0.2) is 0 Å². The summed E-state index contributed by atoms with van der Waals surface area (Å²) < 4.78 is 73.8. The Morgan fingerprint density at radius 1 is 1.14 bits per heavy atom. The number of carbonyl (C=O) groups is 4. The lowest BCUT2D eigenvalue weighted by Gasteiger charge is -2.29. The molecule has 4 aliphatic rings. The number of hydrogen-bond donors (Lipinski definition) is 3. The summed E-state index contributed by atoms with van der Waals surface area (Å²) in [7, 11) is -4.09. The van der Waals surface area contributed by atoms with Crippen LogP contribution < -0.4 is 15.8 Å². The molecule has 0 radical (unpaired) electrons. The molecule has 236 valence electrons. The fourth-order valence-electron chi connectivity index (χ4n) is 5.62. The maximum atomic E-state index is 14.2. The predicted molar refractivity (Wildman–Crippen MR) is 144 cm³/mol. The largest absolute Gasteiger partial charge is 0.444 e. The Balaban J connectivity index is 1.32. The van der Waals surface area contributed by atoms with Crippen molar-refractivity contribution in [1.82, 2.24) is 19.8 Å². The third-order valence-corrected chi connectivity index (χ3v) is 10.4. The predicted octanol–water partition coefficient (Wildman–Crippen LogP) is 0.979. The van der Waals surface area contributed by atoms with E-state index in [1.807, 2.05) is 4.72 Å². The van der Waals surface area contributed by atoms with Gasteiger partial charge in [0, 0.05) is 18.5 Å². The van der Waals surface area contributed by atoms with Gasteiger partial charge in [0.1, 0.15) is 23.5 Å². The van der Waals surface area contributed by atoms with E-state index < -0.39 is 87.4 Å². The molecule has 16 heteroatoms. The van der Waals surface area contributed by atoms with Gasteiger partial charge in [-0.25, -0.2) is 26.4 Å². The monoisotopic (exact) mass is 629 g/mol. The van der Waals surface area contributed by atoms with E-state index in [9.17, 15) is 40.8 Å². The molecule has 12 nitrogen and oxygen atoms in total. The number of fused-ring (bicyclic) bond motifs is 1. The van der Waals surface area contributed by atoms with E-state index in [1.54, 1.807) is 19.9 Å². The van der Waals surface area contributed by atoms with Crippen LogP contribution in [0.5, 0.6) is 0 Å². The quantitative estimate of drug-likeness (QED) is 0.363. The van der Waals surface area contributed by atoms with Gasteiger partial charge in [-0.05, 0) is 36.8 Å². The Morgan fingerprint density at radius 3 is 2.42 bits per heavy atom. The minimum atomic E-state index is -4.09. The van der Waals surface area contributed by atoms with Crippen molar-refractivity contribution >= 4 is 33.8 Å². The molecule has 0 spiro atoms. The third kappa shape index (κ3) is 6.03. The molecular formula is C27H34F3N5O7S. The third-order valence-electron chi connectivity index (χ3n) is 8.57. The van der Waals surface area contributed by atoms with Crippen molar-refractivity contribution in [3.05, 3.63) is 35.1 Å². The van der Waals surface area contributed by atoms with Crippen LogP contribution in [0.3, 0.4) is 0 Å². The Bertz CT molecular complexity index is 1440. The molecule has 43 heavy (non-hydrogen) atoms. The van der Waals surface area contributed by atoms with Crippen LogP contribution in [0.1, 0.15) is 50.7 Å². The highest BCUT2D eigenvalue weighted by molar-refractivity contribution is 7.91. The van der Waals surface area contributed by atoms with Gasteiger partial charge in [-0.3, -0.25) is 24.0 Å². The minimum Gasteiger partial charge on any atom is -0.444 e. The number of hydrogen-bond acceptors (Lipinski definition) is 8. The van der Waals surface area contributed by atoms with E-state index in [0.717, 1.165) is 4.90 Å². The average molecular weight is 630 g/mol. The van der Waals surface area contributed by atoms with Crippen LogP contribution in [0, 0.1) is 17.7 Å². The molecule has 1 aromatic carbocycles. The number of ether oxygens (including phenoxy) is 1. The molecule has 5 atom stereocenters. The number of halogens is 3. The number of likely N-dealkylation sites (tertiary alicyclic amines) is 1. The first-order chi connectivity index (χ1) is 20.1. The Kier molecular flexibility index (Phi) is 8.13. The summed E-state index contributed by atoms with van der Waals surface area (Å²) in [6.45, 7) is 3.19. The van der Waals surface area contributed by atoms with Crippen molar-refractivity contribution < 1.29 is 45.5 Å². The zero-order chi connectivity index (χ0) is 31.4. The highest BCUT2D eigenvalue weighted by atomic mass is 32.2. The molecule has 0 aromatic heterocycles. The maximum Gasteiger partial charge on any atom is 0.410 e. The zero-order valence-corrected chi connectivity index (χ0v) is 24.4. The molecule has 4 amide bonds. The normalized spacial score (nSPS) is 27.2. The number of sulfonamides is 1. The molecule has 0 bridgehead atoms. The lowest BCUT2D eigenvalue weighted by atomic mass is 10.0. The van der Waals surface area contributed by atoms with Crippen molar-refractivity contribution in [2.24, 2.45) is 17.6 Å². The Morgan fingerprint density at radius 2 is 1.84 bits per heavy atom. The number of amides is 4. The Hall–Kier alpha value is -3.40. The molecule has 2 aliphatic carbocycles. The SMILES string of the molecule is CC(C)[C@H](N)C(=O)N1C[C@H](OC(=O)N2Cc3cccc(F)c3C2)CC1C(=O)N[C@@]1(C(=O)NS(=O)(=O)C2CC2)C[C@H]1C(F)F. The minimum absolute atomic E-state index is 0.0330. The highest BCUT2D eigenvalue weighted by Crippen LogP contribution is 2.48. The highest BCUT2D eigenvalue weighted by Gasteiger charge is 2.66. The van der Waals surface area contributed by atoms with Gasteiger partial charge in [-0.15, -0.1) is 0 Å². The second kappa shape index (κ2) is 11.3. The average Bonchev–Trinajstić information content (AvgIpc) is 3.83. The van der Waals surface area contributed by atoms with Crippen LogP contribution in [0.2, 0.25) is 0 Å². The van der Waals surface area contributed by atoms with E-state index in [2.05, 4.69) is 5.32 Å². The van der Waals surface area contributed by atoms with Crippen LogP contribution in [0.4, 0.5) is 18.0 Å². The van der Waals surface area contributed by atoms with Crippen molar-refractivity contribution in [3.63, 3.8) is 0 Å². The molecule has 2 heterocycles. The molecular weight excluding hydrogens is 595 g/mol. The Labute approximate surface area is 246 Å². The number of nitrogens with one attached hydrogen (secondary N) is 2. The summed E-state index contributed by atoms with van der Waals surface area (Å²) in [5, 5.41) is 1.50. The molecule has 2 saturated carbocycles. The molecule has 5 rings (SSSR count). The summed E-state index contributed by atoms with van der Waals surface area (Å²) >= 11 is 0. The smallest absolute Gasteiger partial charge is 0.410 e. The number of nitrogens with two attached hydrogens (primary N) is 1. The number of benzene rings is 1. The van der Waals surface area contributed by atoms with Gasteiger partial charge in [-0.2, -0.15) is 0 Å². The van der Waals surface area contributed by atoms with Gasteiger partial charge in [-0.1, -0.05) is 26.0 Å². The van der Waals surface area contributed by atoms with E-state index in [1.165, 1.54) is 17.0 Å². The summed E-state index contributed by atoms with van der Waals surface area (Å²) in [6, 6.07) is 2.09. The van der Waals surface area contributed by atoms with E-state index in [0.29, 0.717) is 24.0 Å². The number of nitrogens with zero attached hydrogens (tertiary/aromatic N) is 2. The van der Waals surface area contributed by atoms with Gasteiger partial charge < -0.3 is 20.7 Å². The second-order valence-electron chi connectivity index (χ2n) is 12.0.